The van der Waals surface area contributed by atoms with E-state index < -0.39 is 18.4 Å². The first-order chi connectivity index (χ1) is 28.6. The van der Waals surface area contributed by atoms with Gasteiger partial charge in [-0.15, -0.1) is 0 Å². The SMILES string of the molecule is CCCCCCCCCCCCCCCCCCCCCCCCCCC(=O)OC(COC(=O)CCCCCCCCCCCC)COC(OCC[N+](C)(C)C)C(=O)O. The summed E-state index contributed by atoms with van der Waals surface area (Å²) in [6.07, 6.45) is 41.8. The number of rotatable bonds is 47. The van der Waals surface area contributed by atoms with Gasteiger partial charge < -0.3 is 28.5 Å². The zero-order valence-corrected chi connectivity index (χ0v) is 39.7. The fourth-order valence-electron chi connectivity index (χ4n) is 7.43. The molecule has 1 N–H and O–H groups in total. The Bertz CT molecular complexity index is 938. The predicted octanol–water partition coefficient (Wildman–Crippen LogP) is 13.7. The molecule has 9 heteroatoms. The number of hydrogen-bond donors (Lipinski definition) is 1. The molecule has 0 radical (unpaired) electrons. The number of carboxylic acids is 1. The third-order valence-corrected chi connectivity index (χ3v) is 11.4. The molecule has 0 aromatic carbocycles. The lowest BCUT2D eigenvalue weighted by molar-refractivity contribution is -0.870. The van der Waals surface area contributed by atoms with E-state index in [9.17, 15) is 19.5 Å². The van der Waals surface area contributed by atoms with Gasteiger partial charge in [-0.05, 0) is 12.8 Å². The Morgan fingerprint density at radius 2 is 0.763 bits per heavy atom. The molecule has 59 heavy (non-hydrogen) atoms. The zero-order valence-electron chi connectivity index (χ0n) is 39.7. The molecule has 0 aliphatic heterocycles. The van der Waals surface area contributed by atoms with Gasteiger partial charge in [0.2, 0.25) is 0 Å². The van der Waals surface area contributed by atoms with Crippen LogP contribution in [0.25, 0.3) is 0 Å². The van der Waals surface area contributed by atoms with Crippen LogP contribution in [0.5, 0.6) is 0 Å². The number of carbonyl (C=O) groups is 3. The molecule has 0 saturated heterocycles. The molecule has 0 aliphatic carbocycles. The van der Waals surface area contributed by atoms with Gasteiger partial charge in [0.1, 0.15) is 13.2 Å². The van der Waals surface area contributed by atoms with E-state index in [1.807, 2.05) is 21.1 Å². The van der Waals surface area contributed by atoms with E-state index >= 15 is 0 Å². The van der Waals surface area contributed by atoms with Crippen molar-refractivity contribution in [3.63, 3.8) is 0 Å². The Balaban J connectivity index is 4.17. The second-order valence-electron chi connectivity index (χ2n) is 18.5. The summed E-state index contributed by atoms with van der Waals surface area (Å²) in [7, 11) is 5.97. The van der Waals surface area contributed by atoms with E-state index in [4.69, 9.17) is 18.9 Å². The van der Waals surface area contributed by atoms with Crippen molar-refractivity contribution >= 4 is 17.9 Å². The van der Waals surface area contributed by atoms with Crippen molar-refractivity contribution in [2.45, 2.75) is 257 Å². The lowest BCUT2D eigenvalue weighted by Crippen LogP contribution is -2.40. The number of carboxylic acid groups (broad SMARTS) is 1. The molecule has 350 valence electrons. The lowest BCUT2D eigenvalue weighted by atomic mass is 10.0. The average molecular weight is 841 g/mol. The van der Waals surface area contributed by atoms with Crippen molar-refractivity contribution in [2.75, 3.05) is 47.5 Å². The summed E-state index contributed by atoms with van der Waals surface area (Å²) in [6, 6.07) is 0. The number of unbranched alkanes of at least 4 members (excludes halogenated alkanes) is 32. The molecule has 0 fully saturated rings. The maximum absolute atomic E-state index is 12.8. The molecule has 0 heterocycles. The van der Waals surface area contributed by atoms with Crippen LogP contribution in [-0.4, -0.2) is 87.4 Å². The highest BCUT2D eigenvalue weighted by Crippen LogP contribution is 2.17. The number of esters is 2. The Morgan fingerprint density at radius 1 is 0.441 bits per heavy atom. The Hall–Kier alpha value is -1.71. The second kappa shape index (κ2) is 43.0. The Kier molecular flexibility index (Phi) is 41.7. The maximum atomic E-state index is 12.8. The molecule has 0 aromatic rings. The first-order valence-electron chi connectivity index (χ1n) is 25.2. The summed E-state index contributed by atoms with van der Waals surface area (Å²) < 4.78 is 22.8. The molecule has 0 saturated carbocycles. The average Bonchev–Trinajstić information content (AvgIpc) is 3.19. The van der Waals surface area contributed by atoms with Crippen LogP contribution in [0.15, 0.2) is 0 Å². The van der Waals surface area contributed by atoms with Crippen LogP contribution >= 0.6 is 0 Å². The lowest BCUT2D eigenvalue weighted by Gasteiger charge is -2.25. The number of carbonyl (C=O) groups excluding carboxylic acids is 2. The number of nitrogens with zero attached hydrogens (tertiary/aromatic N) is 1. The van der Waals surface area contributed by atoms with Gasteiger partial charge in [-0.2, -0.15) is 0 Å². The summed E-state index contributed by atoms with van der Waals surface area (Å²) in [4.78, 5) is 37.1. The van der Waals surface area contributed by atoms with Gasteiger partial charge in [-0.25, -0.2) is 4.79 Å². The molecular weight excluding hydrogens is 743 g/mol. The Morgan fingerprint density at radius 3 is 1.08 bits per heavy atom. The first kappa shape index (κ1) is 57.3. The van der Waals surface area contributed by atoms with E-state index in [2.05, 4.69) is 13.8 Å². The van der Waals surface area contributed by atoms with E-state index in [1.165, 1.54) is 180 Å². The molecule has 0 amide bonds. The summed E-state index contributed by atoms with van der Waals surface area (Å²) >= 11 is 0. The molecule has 0 bridgehead atoms. The topological polar surface area (TPSA) is 108 Å². The summed E-state index contributed by atoms with van der Waals surface area (Å²) in [5.41, 5.74) is 0. The van der Waals surface area contributed by atoms with E-state index in [-0.39, 0.29) is 38.2 Å². The monoisotopic (exact) mass is 841 g/mol. The van der Waals surface area contributed by atoms with E-state index in [0.717, 1.165) is 38.5 Å². The zero-order chi connectivity index (χ0) is 43.5. The maximum Gasteiger partial charge on any atom is 0.361 e. The fourth-order valence-corrected chi connectivity index (χ4v) is 7.43. The molecule has 0 spiro atoms. The number of hydrogen-bond acceptors (Lipinski definition) is 7. The van der Waals surface area contributed by atoms with Crippen molar-refractivity contribution in [1.29, 1.82) is 0 Å². The molecule has 2 unspecified atom stereocenters. The molecule has 0 rings (SSSR count). The van der Waals surface area contributed by atoms with Crippen molar-refractivity contribution in [3.05, 3.63) is 0 Å². The molecule has 0 aliphatic rings. The minimum atomic E-state index is -1.50. The smallest absolute Gasteiger partial charge is 0.361 e. The molecular formula is C50H98NO8+. The van der Waals surface area contributed by atoms with Crippen LogP contribution in [0.4, 0.5) is 0 Å². The first-order valence-corrected chi connectivity index (χ1v) is 25.2. The molecule has 2 atom stereocenters. The fraction of sp³-hybridized carbons (Fsp3) is 0.940. The number of quaternary nitrogens is 1. The van der Waals surface area contributed by atoms with Gasteiger partial charge in [0, 0.05) is 12.8 Å². The highest BCUT2D eigenvalue weighted by molar-refractivity contribution is 5.71. The summed E-state index contributed by atoms with van der Waals surface area (Å²) in [5, 5.41) is 9.64. The van der Waals surface area contributed by atoms with Crippen LogP contribution < -0.4 is 0 Å². The van der Waals surface area contributed by atoms with E-state index in [0.29, 0.717) is 17.4 Å². The van der Waals surface area contributed by atoms with Gasteiger partial charge >= 0.3 is 17.9 Å². The highest BCUT2D eigenvalue weighted by atomic mass is 16.7. The normalized spacial score (nSPS) is 12.8. The van der Waals surface area contributed by atoms with Gasteiger partial charge in [0.25, 0.3) is 6.29 Å². The quantitative estimate of drug-likeness (QED) is 0.0279. The standard InChI is InChI=1S/C50H97NO8/c1-6-8-10-12-14-16-18-19-20-21-22-23-24-25-26-27-28-29-30-31-33-35-37-39-41-48(53)59-46(45-58-50(49(54)55)56-43-42-51(3,4)5)44-57-47(52)40-38-36-34-32-17-15-13-11-9-7-2/h46,50H,6-45H2,1-5H3/p+1. The number of ether oxygens (including phenoxy) is 4. The minimum Gasteiger partial charge on any atom is -0.477 e. The van der Waals surface area contributed by atoms with Gasteiger partial charge in [-0.1, -0.05) is 219 Å². The van der Waals surface area contributed by atoms with Crippen LogP contribution in [0, 0.1) is 0 Å². The number of likely N-dealkylation sites (N-methyl/N-ethyl adjacent to an activating group) is 1. The van der Waals surface area contributed by atoms with Crippen molar-refractivity contribution in [3.8, 4) is 0 Å². The third kappa shape index (κ3) is 44.2. The van der Waals surface area contributed by atoms with Crippen molar-refractivity contribution in [2.24, 2.45) is 0 Å². The summed E-state index contributed by atoms with van der Waals surface area (Å²) in [5.74, 6) is -1.99. The van der Waals surface area contributed by atoms with Gasteiger partial charge in [0.05, 0.1) is 34.4 Å². The second-order valence-corrected chi connectivity index (χ2v) is 18.5. The van der Waals surface area contributed by atoms with Crippen molar-refractivity contribution in [1.82, 2.24) is 0 Å². The van der Waals surface area contributed by atoms with Gasteiger partial charge in [-0.3, -0.25) is 9.59 Å². The predicted molar refractivity (Wildman–Crippen MR) is 245 cm³/mol. The third-order valence-electron chi connectivity index (χ3n) is 11.4. The molecule has 9 nitrogen and oxygen atoms in total. The van der Waals surface area contributed by atoms with E-state index in [1.54, 1.807) is 0 Å². The largest absolute Gasteiger partial charge is 0.477 e. The summed E-state index contributed by atoms with van der Waals surface area (Å²) in [6.45, 7) is 4.90. The molecule has 0 aromatic heterocycles. The van der Waals surface area contributed by atoms with Crippen LogP contribution in [-0.2, 0) is 33.3 Å². The van der Waals surface area contributed by atoms with Crippen LogP contribution in [0.1, 0.15) is 245 Å². The van der Waals surface area contributed by atoms with Crippen molar-refractivity contribution < 1.29 is 42.9 Å². The number of aliphatic carboxylic acids is 1. The van der Waals surface area contributed by atoms with Crippen LogP contribution in [0.2, 0.25) is 0 Å². The Labute approximate surface area is 364 Å². The highest BCUT2D eigenvalue weighted by Gasteiger charge is 2.25. The minimum absolute atomic E-state index is 0.174. The van der Waals surface area contributed by atoms with Crippen LogP contribution in [0.3, 0.4) is 0 Å². The van der Waals surface area contributed by atoms with Gasteiger partial charge in [0.15, 0.2) is 6.10 Å².